The molecule has 3 heterocycles. The van der Waals surface area contributed by atoms with Crippen LogP contribution in [-0.2, 0) is 0 Å². The minimum absolute atomic E-state index is 0.0497. The average Bonchev–Trinajstić information content (AvgIpc) is 2.81. The Labute approximate surface area is 120 Å². The first kappa shape index (κ1) is 13.1. The van der Waals surface area contributed by atoms with Crippen LogP contribution in [0, 0.1) is 17.0 Å². The Morgan fingerprint density at radius 3 is 3.05 bits per heavy atom. The predicted molar refractivity (Wildman–Crippen MR) is 72.8 cm³/mol. The molecule has 3 rings (SSSR count). The van der Waals surface area contributed by atoms with E-state index in [-0.39, 0.29) is 16.5 Å². The lowest BCUT2D eigenvalue weighted by molar-refractivity contribution is -0.390. The number of rotatable bonds is 3. The number of aromatic nitrogens is 4. The second-order valence-corrected chi connectivity index (χ2v) is 4.90. The highest BCUT2D eigenvalue weighted by molar-refractivity contribution is 7.18. The number of hydrogen-bond donors (Lipinski definition) is 0. The van der Waals surface area contributed by atoms with Gasteiger partial charge in [-0.3, -0.25) is 4.79 Å². The summed E-state index contributed by atoms with van der Waals surface area (Å²) >= 11 is 1.01. The lowest BCUT2D eigenvalue weighted by Gasteiger charge is -2.00. The van der Waals surface area contributed by atoms with E-state index in [1.165, 1.54) is 24.4 Å². The largest absolute Gasteiger partial charge is 0.421 e. The Morgan fingerprint density at radius 1 is 1.48 bits per heavy atom. The van der Waals surface area contributed by atoms with Gasteiger partial charge in [-0.2, -0.15) is 4.52 Å². The molecule has 0 spiro atoms. The van der Waals surface area contributed by atoms with E-state index in [0.29, 0.717) is 10.7 Å². The SMILES string of the molecule is Cc1cc(=O)n2nc(Oc3cccnc3[N+](=O)[O-])sc2n1. The first-order chi connectivity index (χ1) is 10.0. The van der Waals surface area contributed by atoms with E-state index in [1.54, 1.807) is 6.92 Å². The van der Waals surface area contributed by atoms with E-state index >= 15 is 0 Å². The molecule has 0 saturated carbocycles. The van der Waals surface area contributed by atoms with Gasteiger partial charge in [0.05, 0.1) is 0 Å². The molecule has 0 aliphatic rings. The fourth-order valence-corrected chi connectivity index (χ4v) is 2.45. The minimum atomic E-state index is -0.656. The molecule has 0 aliphatic carbocycles. The fraction of sp³-hybridized carbons (Fsp3) is 0.0909. The molecule has 0 saturated heterocycles. The first-order valence-electron chi connectivity index (χ1n) is 5.69. The molecule has 10 heteroatoms. The summed E-state index contributed by atoms with van der Waals surface area (Å²) in [6, 6.07) is 4.24. The van der Waals surface area contributed by atoms with Crippen LogP contribution in [0.25, 0.3) is 4.96 Å². The molecule has 0 atom stereocenters. The molecule has 3 aromatic rings. The Balaban J connectivity index is 2.05. The highest BCUT2D eigenvalue weighted by Gasteiger charge is 2.18. The second-order valence-electron chi connectivity index (χ2n) is 3.98. The molecule has 0 aromatic carbocycles. The molecule has 3 aromatic heterocycles. The standard InChI is InChI=1S/C11H7N5O4S/c1-6-5-8(17)15-10(13-6)21-11(14-15)20-7-3-2-4-12-9(7)16(18)19/h2-5H,1H3. The quantitative estimate of drug-likeness (QED) is 0.533. The van der Waals surface area contributed by atoms with Crippen LogP contribution in [0.15, 0.2) is 29.2 Å². The predicted octanol–water partition coefficient (Wildman–Crippen LogP) is 1.55. The third-order valence-corrected chi connectivity index (χ3v) is 3.26. The van der Waals surface area contributed by atoms with E-state index in [1.807, 2.05) is 0 Å². The van der Waals surface area contributed by atoms with E-state index in [9.17, 15) is 14.9 Å². The van der Waals surface area contributed by atoms with Crippen LogP contribution in [0.5, 0.6) is 10.9 Å². The van der Waals surface area contributed by atoms with Crippen LogP contribution in [0.4, 0.5) is 5.82 Å². The van der Waals surface area contributed by atoms with Gasteiger partial charge in [0.1, 0.15) is 6.20 Å². The van der Waals surface area contributed by atoms with Crippen LogP contribution in [0.1, 0.15) is 5.69 Å². The van der Waals surface area contributed by atoms with Crippen LogP contribution >= 0.6 is 11.3 Å². The van der Waals surface area contributed by atoms with Gasteiger partial charge in [0.25, 0.3) is 10.8 Å². The van der Waals surface area contributed by atoms with E-state index < -0.39 is 10.7 Å². The molecule has 0 bridgehead atoms. The maximum atomic E-state index is 11.7. The zero-order valence-corrected chi connectivity index (χ0v) is 11.4. The Kier molecular flexibility index (Phi) is 3.06. The summed E-state index contributed by atoms with van der Waals surface area (Å²) < 4.78 is 6.43. The van der Waals surface area contributed by atoms with Crippen molar-refractivity contribution in [3.63, 3.8) is 0 Å². The molecule has 0 aliphatic heterocycles. The maximum Gasteiger partial charge on any atom is 0.406 e. The first-order valence-corrected chi connectivity index (χ1v) is 6.51. The molecule has 21 heavy (non-hydrogen) atoms. The normalized spacial score (nSPS) is 10.7. The van der Waals surface area contributed by atoms with Gasteiger partial charge < -0.3 is 14.9 Å². The summed E-state index contributed by atoms with van der Waals surface area (Å²) in [6.45, 7) is 1.69. The molecule has 9 nitrogen and oxygen atoms in total. The third kappa shape index (κ3) is 2.43. The highest BCUT2D eigenvalue weighted by Crippen LogP contribution is 2.30. The van der Waals surface area contributed by atoms with Crippen molar-refractivity contribution in [1.82, 2.24) is 19.6 Å². The summed E-state index contributed by atoms with van der Waals surface area (Å²) in [4.78, 5) is 30.1. The van der Waals surface area contributed by atoms with Gasteiger partial charge in [-0.05, 0) is 40.3 Å². The smallest absolute Gasteiger partial charge is 0.406 e. The molecule has 0 amide bonds. The van der Waals surface area contributed by atoms with Crippen molar-refractivity contribution in [2.24, 2.45) is 0 Å². The second kappa shape index (κ2) is 4.90. The summed E-state index contributed by atoms with van der Waals surface area (Å²) in [5.41, 5.74) is 0.215. The molecule has 0 N–H and O–H groups in total. The van der Waals surface area contributed by atoms with E-state index in [4.69, 9.17) is 4.74 Å². The van der Waals surface area contributed by atoms with Gasteiger partial charge in [0.15, 0.2) is 0 Å². The molecular formula is C11H7N5O4S. The molecular weight excluding hydrogens is 298 g/mol. The molecule has 0 radical (unpaired) electrons. The zero-order chi connectivity index (χ0) is 15.0. The molecule has 106 valence electrons. The van der Waals surface area contributed by atoms with Crippen molar-refractivity contribution in [3.05, 3.63) is 50.6 Å². The number of aryl methyl sites for hydroxylation is 1. The van der Waals surface area contributed by atoms with Crippen molar-refractivity contribution in [1.29, 1.82) is 0 Å². The average molecular weight is 305 g/mol. The Morgan fingerprint density at radius 2 is 2.29 bits per heavy atom. The minimum Gasteiger partial charge on any atom is -0.421 e. The Bertz CT molecular complexity index is 903. The number of fused-ring (bicyclic) bond motifs is 1. The third-order valence-electron chi connectivity index (χ3n) is 2.48. The van der Waals surface area contributed by atoms with Crippen LogP contribution in [0.3, 0.4) is 0 Å². The molecule has 0 unspecified atom stereocenters. The summed E-state index contributed by atoms with van der Waals surface area (Å²) in [5, 5.41) is 14.9. The van der Waals surface area contributed by atoms with Gasteiger partial charge in [-0.25, -0.2) is 4.98 Å². The topological polar surface area (TPSA) is 113 Å². The summed E-state index contributed by atoms with van der Waals surface area (Å²) in [5.74, 6) is -0.473. The van der Waals surface area contributed by atoms with Crippen molar-refractivity contribution in [2.45, 2.75) is 6.92 Å². The number of ether oxygens (including phenoxy) is 1. The maximum absolute atomic E-state index is 11.7. The number of pyridine rings is 1. The van der Waals surface area contributed by atoms with Gasteiger partial charge in [-0.1, -0.05) is 0 Å². The highest BCUT2D eigenvalue weighted by atomic mass is 32.1. The van der Waals surface area contributed by atoms with Crippen LogP contribution in [0.2, 0.25) is 0 Å². The number of hydrogen-bond acceptors (Lipinski definition) is 8. The summed E-state index contributed by atoms with van der Waals surface area (Å²) in [7, 11) is 0. The van der Waals surface area contributed by atoms with Crippen LogP contribution < -0.4 is 10.3 Å². The molecule has 0 fully saturated rings. The Hall–Kier alpha value is -2.88. The zero-order valence-electron chi connectivity index (χ0n) is 10.6. The van der Waals surface area contributed by atoms with Crippen molar-refractivity contribution < 1.29 is 9.66 Å². The monoisotopic (exact) mass is 305 g/mol. The number of nitro groups is 1. The van der Waals surface area contributed by atoms with Gasteiger partial charge in [0, 0.05) is 11.8 Å². The lowest BCUT2D eigenvalue weighted by atomic mass is 10.4. The van der Waals surface area contributed by atoms with E-state index in [2.05, 4.69) is 15.1 Å². The van der Waals surface area contributed by atoms with Crippen molar-refractivity contribution in [3.8, 4) is 10.9 Å². The van der Waals surface area contributed by atoms with Crippen LogP contribution in [-0.4, -0.2) is 24.5 Å². The van der Waals surface area contributed by atoms with E-state index in [0.717, 1.165) is 15.9 Å². The van der Waals surface area contributed by atoms with Crippen molar-refractivity contribution in [2.75, 3.05) is 0 Å². The van der Waals surface area contributed by atoms with Gasteiger partial charge >= 0.3 is 5.82 Å². The lowest BCUT2D eigenvalue weighted by Crippen LogP contribution is -2.14. The number of nitrogens with zero attached hydrogens (tertiary/aromatic N) is 5. The summed E-state index contributed by atoms with van der Waals surface area (Å²) in [6.07, 6.45) is 1.29. The van der Waals surface area contributed by atoms with Crippen molar-refractivity contribution >= 4 is 22.1 Å². The fourth-order valence-electron chi connectivity index (χ4n) is 1.64. The van der Waals surface area contributed by atoms with Gasteiger partial charge in [0.2, 0.25) is 10.7 Å². The van der Waals surface area contributed by atoms with Gasteiger partial charge in [-0.15, -0.1) is 5.10 Å².